The van der Waals surface area contributed by atoms with Crippen LogP contribution >= 0.6 is 0 Å². The molecular formula is C11H15N3O5. The lowest BCUT2D eigenvalue weighted by molar-refractivity contribution is -0.385. The average Bonchev–Trinajstić information content (AvgIpc) is 2.36. The molecule has 0 bridgehead atoms. The molecule has 0 fully saturated rings. The van der Waals surface area contributed by atoms with E-state index in [-0.39, 0.29) is 17.8 Å². The monoisotopic (exact) mass is 269 g/mol. The summed E-state index contributed by atoms with van der Waals surface area (Å²) < 4.78 is 0. The number of aromatic nitrogens is 1. The molecule has 8 nitrogen and oxygen atoms in total. The van der Waals surface area contributed by atoms with Crippen molar-refractivity contribution >= 4 is 11.6 Å². The number of amides is 1. The van der Waals surface area contributed by atoms with E-state index in [9.17, 15) is 24.8 Å². The van der Waals surface area contributed by atoms with E-state index in [1.165, 1.54) is 0 Å². The van der Waals surface area contributed by atoms with Crippen molar-refractivity contribution in [1.82, 2.24) is 10.3 Å². The first-order valence-corrected chi connectivity index (χ1v) is 5.79. The number of aliphatic hydroxyl groups excluding tert-OH is 1. The number of nitrogens with one attached hydrogen (secondary N) is 2. The summed E-state index contributed by atoms with van der Waals surface area (Å²) >= 11 is 0. The summed E-state index contributed by atoms with van der Waals surface area (Å²) in [5.41, 5.74) is -1.44. The second-order valence-electron chi connectivity index (χ2n) is 4.01. The van der Waals surface area contributed by atoms with Crippen LogP contribution in [0.25, 0.3) is 0 Å². The first kappa shape index (κ1) is 14.8. The summed E-state index contributed by atoms with van der Waals surface area (Å²) in [5, 5.41) is 22.4. The van der Waals surface area contributed by atoms with Crippen molar-refractivity contribution in [1.29, 1.82) is 0 Å². The molecule has 1 aromatic heterocycles. The summed E-state index contributed by atoms with van der Waals surface area (Å²) in [4.78, 5) is 35.1. The van der Waals surface area contributed by atoms with Crippen molar-refractivity contribution in [2.24, 2.45) is 0 Å². The third-order valence-corrected chi connectivity index (χ3v) is 2.46. The minimum absolute atomic E-state index is 0.00515. The fourth-order valence-corrected chi connectivity index (χ4v) is 1.49. The van der Waals surface area contributed by atoms with E-state index in [2.05, 4.69) is 10.3 Å². The number of rotatable bonds is 6. The molecule has 0 aliphatic heterocycles. The summed E-state index contributed by atoms with van der Waals surface area (Å²) in [5.74, 6) is -0.750. The zero-order chi connectivity index (χ0) is 14.4. The normalized spacial score (nSPS) is 11.9. The Morgan fingerprint density at radius 1 is 1.63 bits per heavy atom. The van der Waals surface area contributed by atoms with E-state index < -0.39 is 22.5 Å². The van der Waals surface area contributed by atoms with Gasteiger partial charge in [-0.3, -0.25) is 19.7 Å². The Morgan fingerprint density at radius 3 is 2.89 bits per heavy atom. The lowest BCUT2D eigenvalue weighted by Crippen LogP contribution is -2.35. The Labute approximate surface area is 108 Å². The number of hydrogen-bond donors (Lipinski definition) is 3. The van der Waals surface area contributed by atoms with Gasteiger partial charge in [0.2, 0.25) is 0 Å². The first-order chi connectivity index (χ1) is 8.95. The number of H-pyrrole nitrogens is 1. The zero-order valence-corrected chi connectivity index (χ0v) is 10.4. The van der Waals surface area contributed by atoms with Crippen LogP contribution in [-0.4, -0.2) is 33.6 Å². The number of pyridine rings is 1. The van der Waals surface area contributed by atoms with Crippen LogP contribution in [-0.2, 0) is 0 Å². The Morgan fingerprint density at radius 2 is 2.32 bits per heavy atom. The molecule has 0 saturated heterocycles. The van der Waals surface area contributed by atoms with Gasteiger partial charge in [-0.25, -0.2) is 0 Å². The fraction of sp³-hybridized carbons (Fsp3) is 0.455. The van der Waals surface area contributed by atoms with Gasteiger partial charge in [0.15, 0.2) is 0 Å². The van der Waals surface area contributed by atoms with E-state index in [4.69, 9.17) is 0 Å². The predicted octanol–water partition coefficient (Wildman–Crippen LogP) is 0.174. The van der Waals surface area contributed by atoms with Gasteiger partial charge in [0.05, 0.1) is 17.2 Å². The van der Waals surface area contributed by atoms with Crippen LogP contribution in [0.3, 0.4) is 0 Å². The van der Waals surface area contributed by atoms with E-state index in [0.717, 1.165) is 18.7 Å². The standard InChI is InChI=1S/C11H15N3O5/c1-2-3-8(15)6-13-11(17)9-4-7(14(18)19)5-12-10(9)16/h4-5,8,15H,2-3,6H2,1H3,(H,12,16)(H,13,17). The molecule has 0 aliphatic rings. The van der Waals surface area contributed by atoms with Gasteiger partial charge in [0, 0.05) is 12.6 Å². The summed E-state index contributed by atoms with van der Waals surface area (Å²) in [7, 11) is 0. The number of carbonyl (C=O) groups excluding carboxylic acids is 1. The first-order valence-electron chi connectivity index (χ1n) is 5.79. The molecule has 1 heterocycles. The van der Waals surface area contributed by atoms with E-state index >= 15 is 0 Å². The summed E-state index contributed by atoms with van der Waals surface area (Å²) in [6, 6.07) is 0.903. The van der Waals surface area contributed by atoms with Gasteiger partial charge in [0.25, 0.3) is 17.2 Å². The molecular weight excluding hydrogens is 254 g/mol. The van der Waals surface area contributed by atoms with Gasteiger partial charge < -0.3 is 15.4 Å². The Balaban J connectivity index is 2.79. The number of carbonyl (C=O) groups is 1. The molecule has 3 N–H and O–H groups in total. The van der Waals surface area contributed by atoms with E-state index in [1.54, 1.807) is 0 Å². The van der Waals surface area contributed by atoms with Crippen LogP contribution in [0, 0.1) is 10.1 Å². The van der Waals surface area contributed by atoms with Crippen LogP contribution in [0.4, 0.5) is 5.69 Å². The highest BCUT2D eigenvalue weighted by Gasteiger charge is 2.16. The van der Waals surface area contributed by atoms with Crippen molar-refractivity contribution in [3.05, 3.63) is 38.3 Å². The van der Waals surface area contributed by atoms with Crippen LogP contribution in [0.5, 0.6) is 0 Å². The third kappa shape index (κ3) is 4.18. The van der Waals surface area contributed by atoms with Gasteiger partial charge >= 0.3 is 0 Å². The largest absolute Gasteiger partial charge is 0.391 e. The molecule has 1 atom stereocenters. The van der Waals surface area contributed by atoms with Gasteiger partial charge in [-0.05, 0) is 6.42 Å². The molecule has 1 aromatic rings. The lowest BCUT2D eigenvalue weighted by atomic mass is 10.2. The molecule has 104 valence electrons. The van der Waals surface area contributed by atoms with Crippen LogP contribution in [0.2, 0.25) is 0 Å². The smallest absolute Gasteiger partial charge is 0.286 e. The van der Waals surface area contributed by atoms with Crippen LogP contribution in [0.1, 0.15) is 30.1 Å². The quantitative estimate of drug-likeness (QED) is 0.501. The highest BCUT2D eigenvalue weighted by atomic mass is 16.6. The van der Waals surface area contributed by atoms with Gasteiger partial charge in [0.1, 0.15) is 5.56 Å². The van der Waals surface area contributed by atoms with Crippen LogP contribution in [0.15, 0.2) is 17.1 Å². The molecule has 0 aliphatic carbocycles. The molecule has 1 amide bonds. The fourth-order valence-electron chi connectivity index (χ4n) is 1.49. The second kappa shape index (κ2) is 6.64. The second-order valence-corrected chi connectivity index (χ2v) is 4.01. The van der Waals surface area contributed by atoms with Gasteiger partial charge in [-0.1, -0.05) is 13.3 Å². The highest BCUT2D eigenvalue weighted by Crippen LogP contribution is 2.08. The lowest BCUT2D eigenvalue weighted by Gasteiger charge is -2.10. The SMILES string of the molecule is CCCC(O)CNC(=O)c1cc([N+](=O)[O-])c[nH]c1=O. The Hall–Kier alpha value is -2.22. The number of aliphatic hydroxyl groups is 1. The molecule has 19 heavy (non-hydrogen) atoms. The zero-order valence-electron chi connectivity index (χ0n) is 10.4. The summed E-state index contributed by atoms with van der Waals surface area (Å²) in [6.07, 6.45) is 1.50. The molecule has 0 radical (unpaired) electrons. The highest BCUT2D eigenvalue weighted by molar-refractivity contribution is 5.94. The van der Waals surface area contributed by atoms with Crippen molar-refractivity contribution in [2.75, 3.05) is 6.54 Å². The third-order valence-electron chi connectivity index (χ3n) is 2.46. The van der Waals surface area contributed by atoms with Crippen molar-refractivity contribution < 1.29 is 14.8 Å². The predicted molar refractivity (Wildman–Crippen MR) is 67.0 cm³/mol. The van der Waals surface area contributed by atoms with Crippen molar-refractivity contribution in [3.63, 3.8) is 0 Å². The van der Waals surface area contributed by atoms with Crippen LogP contribution < -0.4 is 10.9 Å². The molecule has 1 rings (SSSR count). The molecule has 0 aromatic carbocycles. The molecule has 0 spiro atoms. The maximum Gasteiger partial charge on any atom is 0.286 e. The Kier molecular flexibility index (Phi) is 5.19. The number of hydrogen-bond acceptors (Lipinski definition) is 5. The molecule has 1 unspecified atom stereocenters. The minimum atomic E-state index is -0.750. The maximum absolute atomic E-state index is 11.7. The molecule has 8 heteroatoms. The molecule has 0 saturated carbocycles. The number of nitrogens with zero attached hydrogens (tertiary/aromatic N) is 1. The maximum atomic E-state index is 11.7. The number of nitro groups is 1. The summed E-state index contributed by atoms with van der Waals surface area (Å²) in [6.45, 7) is 1.88. The topological polar surface area (TPSA) is 125 Å². The van der Waals surface area contributed by atoms with Gasteiger partial charge in [-0.2, -0.15) is 0 Å². The Bertz CT molecular complexity index is 525. The van der Waals surface area contributed by atoms with E-state index in [1.807, 2.05) is 6.92 Å². The van der Waals surface area contributed by atoms with Gasteiger partial charge in [-0.15, -0.1) is 0 Å². The average molecular weight is 269 g/mol. The van der Waals surface area contributed by atoms with Crippen molar-refractivity contribution in [3.8, 4) is 0 Å². The number of aromatic amines is 1. The van der Waals surface area contributed by atoms with E-state index in [0.29, 0.717) is 6.42 Å². The van der Waals surface area contributed by atoms with Crippen molar-refractivity contribution in [2.45, 2.75) is 25.9 Å². The minimum Gasteiger partial charge on any atom is -0.391 e.